The number of benzene rings is 2. The molecular formula is C33H46N4O4. The van der Waals surface area contributed by atoms with Gasteiger partial charge in [0.2, 0.25) is 0 Å². The first-order valence-electron chi connectivity index (χ1n) is 15.5. The molecule has 8 heteroatoms. The van der Waals surface area contributed by atoms with Crippen molar-refractivity contribution in [2.75, 3.05) is 58.9 Å². The van der Waals surface area contributed by atoms with Crippen LogP contribution in [0.25, 0.3) is 0 Å². The van der Waals surface area contributed by atoms with Gasteiger partial charge in [0.15, 0.2) is 0 Å². The Morgan fingerprint density at radius 3 is 2.27 bits per heavy atom. The fourth-order valence-corrected chi connectivity index (χ4v) is 6.52. The van der Waals surface area contributed by atoms with Crippen LogP contribution in [0, 0.1) is 5.92 Å². The fourth-order valence-electron chi connectivity index (χ4n) is 6.52. The molecule has 0 radical (unpaired) electrons. The minimum absolute atomic E-state index is 0.0362. The predicted octanol–water partition coefficient (Wildman–Crippen LogP) is 4.30. The molecule has 2 aromatic carbocycles. The number of carbonyl (C=O) groups is 2. The Morgan fingerprint density at radius 1 is 0.878 bits per heavy atom. The van der Waals surface area contributed by atoms with E-state index in [1.165, 1.54) is 19.4 Å². The maximum absolute atomic E-state index is 13.6. The number of amides is 1. The Hall–Kier alpha value is -2.94. The molecule has 8 nitrogen and oxygen atoms in total. The summed E-state index contributed by atoms with van der Waals surface area (Å²) in [5, 5.41) is 19.1. The Balaban J connectivity index is 1.24. The standard InChI is InChI=1S/C33H46N4O4/c1-25-23-35(24-26-12-13-26)17-20-37(25)32(28-8-6-10-30(38)22-28)27-7-5-9-29(21-27)33(41)36-18-15-34(16-19-36)14-4-2-3-11-31(39)40/h5-10,21-22,25-26,32,38H,2-4,11-20,23-24H2,1H3,(H,39,40). The number of carboxylic acid groups (broad SMARTS) is 1. The van der Waals surface area contributed by atoms with E-state index in [4.69, 9.17) is 5.11 Å². The van der Waals surface area contributed by atoms with E-state index in [1.807, 2.05) is 29.2 Å². The van der Waals surface area contributed by atoms with Gasteiger partial charge in [-0.2, -0.15) is 0 Å². The molecule has 41 heavy (non-hydrogen) atoms. The van der Waals surface area contributed by atoms with E-state index in [0.29, 0.717) is 19.1 Å². The molecule has 2 aromatic rings. The molecule has 2 N–H and O–H groups in total. The van der Waals surface area contributed by atoms with Gasteiger partial charge < -0.3 is 20.0 Å². The molecule has 5 rings (SSSR count). The lowest BCUT2D eigenvalue weighted by Gasteiger charge is -2.44. The second-order valence-electron chi connectivity index (χ2n) is 12.3. The van der Waals surface area contributed by atoms with Crippen LogP contribution in [0.5, 0.6) is 5.75 Å². The van der Waals surface area contributed by atoms with Gasteiger partial charge in [-0.15, -0.1) is 0 Å². The van der Waals surface area contributed by atoms with Gasteiger partial charge in [-0.05, 0) is 80.5 Å². The lowest BCUT2D eigenvalue weighted by molar-refractivity contribution is -0.137. The maximum atomic E-state index is 13.6. The number of aromatic hydroxyl groups is 1. The predicted molar refractivity (Wildman–Crippen MR) is 160 cm³/mol. The number of carbonyl (C=O) groups excluding carboxylic acids is 1. The molecule has 0 spiro atoms. The molecule has 222 valence electrons. The zero-order valence-corrected chi connectivity index (χ0v) is 24.5. The van der Waals surface area contributed by atoms with Gasteiger partial charge in [0.25, 0.3) is 5.91 Å². The van der Waals surface area contributed by atoms with E-state index in [9.17, 15) is 14.7 Å². The molecular weight excluding hydrogens is 516 g/mol. The molecule has 3 fully saturated rings. The van der Waals surface area contributed by atoms with Crippen molar-refractivity contribution >= 4 is 11.9 Å². The molecule has 1 amide bonds. The van der Waals surface area contributed by atoms with Gasteiger partial charge in [-0.3, -0.25) is 19.4 Å². The van der Waals surface area contributed by atoms with Crippen molar-refractivity contribution in [1.29, 1.82) is 0 Å². The van der Waals surface area contributed by atoms with Crippen LogP contribution in [-0.4, -0.2) is 107 Å². The first-order chi connectivity index (χ1) is 19.9. The van der Waals surface area contributed by atoms with E-state index >= 15 is 0 Å². The van der Waals surface area contributed by atoms with Crippen LogP contribution in [0.3, 0.4) is 0 Å². The first-order valence-corrected chi connectivity index (χ1v) is 15.5. The van der Waals surface area contributed by atoms with Crippen LogP contribution in [0.2, 0.25) is 0 Å². The van der Waals surface area contributed by atoms with Crippen molar-refractivity contribution in [2.45, 2.75) is 57.5 Å². The van der Waals surface area contributed by atoms with Crippen LogP contribution in [0.15, 0.2) is 48.5 Å². The SMILES string of the molecule is CC1CN(CC2CC2)CCN1C(c1cccc(O)c1)c1cccc(C(=O)N2CCN(CCCCCC(=O)O)CC2)c1. The quantitative estimate of drug-likeness (QED) is 0.373. The fraction of sp³-hybridized carbons (Fsp3) is 0.576. The van der Waals surface area contributed by atoms with Crippen molar-refractivity contribution in [3.05, 3.63) is 65.2 Å². The van der Waals surface area contributed by atoms with Crippen LogP contribution in [0.1, 0.15) is 73.0 Å². The normalized spacial score (nSPS) is 21.6. The molecule has 0 bridgehead atoms. The third-order valence-electron chi connectivity index (χ3n) is 8.97. The summed E-state index contributed by atoms with van der Waals surface area (Å²) in [7, 11) is 0. The molecule has 2 unspecified atom stereocenters. The zero-order chi connectivity index (χ0) is 28.8. The van der Waals surface area contributed by atoms with E-state index < -0.39 is 5.97 Å². The molecule has 2 saturated heterocycles. The largest absolute Gasteiger partial charge is 0.508 e. The number of piperazine rings is 2. The summed E-state index contributed by atoms with van der Waals surface area (Å²) in [5.41, 5.74) is 2.85. The molecule has 2 heterocycles. The third kappa shape index (κ3) is 8.09. The van der Waals surface area contributed by atoms with Crippen molar-refractivity contribution in [3.63, 3.8) is 0 Å². The lowest BCUT2D eigenvalue weighted by Crippen LogP contribution is -2.53. The van der Waals surface area contributed by atoms with E-state index in [1.54, 1.807) is 6.07 Å². The molecule has 3 aliphatic rings. The summed E-state index contributed by atoms with van der Waals surface area (Å²) in [4.78, 5) is 33.8. The van der Waals surface area contributed by atoms with E-state index in [0.717, 1.165) is 81.1 Å². The van der Waals surface area contributed by atoms with Crippen molar-refractivity contribution in [2.24, 2.45) is 5.92 Å². The van der Waals surface area contributed by atoms with Crippen molar-refractivity contribution in [1.82, 2.24) is 19.6 Å². The highest BCUT2D eigenvalue weighted by Gasteiger charge is 2.34. The maximum Gasteiger partial charge on any atom is 0.303 e. The van der Waals surface area contributed by atoms with E-state index in [-0.39, 0.29) is 24.1 Å². The Kier molecular flexibility index (Phi) is 9.96. The zero-order valence-electron chi connectivity index (χ0n) is 24.5. The monoisotopic (exact) mass is 562 g/mol. The van der Waals surface area contributed by atoms with Crippen LogP contribution in [-0.2, 0) is 4.79 Å². The number of hydrogen-bond acceptors (Lipinski definition) is 6. The molecule has 0 aromatic heterocycles. The summed E-state index contributed by atoms with van der Waals surface area (Å²) in [5.74, 6) is 0.490. The second kappa shape index (κ2) is 13.8. The van der Waals surface area contributed by atoms with Crippen LogP contribution < -0.4 is 0 Å². The highest BCUT2D eigenvalue weighted by molar-refractivity contribution is 5.94. The first kappa shape index (κ1) is 29.5. The summed E-state index contributed by atoms with van der Waals surface area (Å²) in [6.07, 6.45) is 5.61. The number of phenolic OH excluding ortho intramolecular Hbond substituents is 1. The highest BCUT2D eigenvalue weighted by atomic mass is 16.4. The number of unbranched alkanes of at least 4 members (excludes halogenated alkanes) is 2. The van der Waals surface area contributed by atoms with Crippen molar-refractivity contribution in [3.8, 4) is 5.75 Å². The van der Waals surface area contributed by atoms with Gasteiger partial charge in [-0.25, -0.2) is 0 Å². The van der Waals surface area contributed by atoms with Crippen LogP contribution in [0.4, 0.5) is 0 Å². The van der Waals surface area contributed by atoms with Gasteiger partial charge in [-0.1, -0.05) is 30.7 Å². The number of nitrogens with zero attached hydrogens (tertiary/aromatic N) is 4. The minimum atomic E-state index is -0.726. The van der Waals surface area contributed by atoms with Crippen molar-refractivity contribution < 1.29 is 19.8 Å². The van der Waals surface area contributed by atoms with Gasteiger partial charge in [0.05, 0.1) is 6.04 Å². The Bertz CT molecular complexity index is 1180. The van der Waals surface area contributed by atoms with E-state index in [2.05, 4.69) is 39.8 Å². The average Bonchev–Trinajstić information content (AvgIpc) is 3.78. The number of hydrogen-bond donors (Lipinski definition) is 2. The van der Waals surface area contributed by atoms with Gasteiger partial charge in [0, 0.05) is 70.4 Å². The highest BCUT2D eigenvalue weighted by Crippen LogP contribution is 2.35. The molecule has 1 aliphatic carbocycles. The molecule has 2 aliphatic heterocycles. The Labute approximate surface area is 244 Å². The molecule has 2 atom stereocenters. The number of aliphatic carboxylic acids is 1. The summed E-state index contributed by atoms with van der Waals surface area (Å²) < 4.78 is 0. The summed E-state index contributed by atoms with van der Waals surface area (Å²) >= 11 is 0. The smallest absolute Gasteiger partial charge is 0.303 e. The lowest BCUT2D eigenvalue weighted by atomic mass is 9.93. The topological polar surface area (TPSA) is 87.6 Å². The second-order valence-corrected chi connectivity index (χ2v) is 12.3. The summed E-state index contributed by atoms with van der Waals surface area (Å²) in [6.45, 7) is 10.6. The van der Waals surface area contributed by atoms with Crippen LogP contribution >= 0.6 is 0 Å². The van der Waals surface area contributed by atoms with Gasteiger partial charge >= 0.3 is 5.97 Å². The third-order valence-corrected chi connectivity index (χ3v) is 8.97. The van der Waals surface area contributed by atoms with Gasteiger partial charge in [0.1, 0.15) is 5.75 Å². The summed E-state index contributed by atoms with van der Waals surface area (Å²) in [6, 6.07) is 16.0. The Morgan fingerprint density at radius 2 is 1.59 bits per heavy atom. The number of phenols is 1. The number of rotatable bonds is 12. The minimum Gasteiger partial charge on any atom is -0.508 e. The molecule has 1 saturated carbocycles. The number of carboxylic acids is 1. The average molecular weight is 563 g/mol.